The fraction of sp³-hybridized carbons (Fsp3) is 0.375. The number of hydrogen-bond acceptors (Lipinski definition) is 4. The summed E-state index contributed by atoms with van der Waals surface area (Å²) in [6, 6.07) is 6.62. The van der Waals surface area contributed by atoms with E-state index in [0.29, 0.717) is 19.3 Å². The molecule has 23 heavy (non-hydrogen) atoms. The average Bonchev–Trinajstić information content (AvgIpc) is 2.54. The highest BCUT2D eigenvalue weighted by atomic mass is 16.4. The maximum Gasteiger partial charge on any atom is 0.326 e. The van der Waals surface area contributed by atoms with Crippen molar-refractivity contribution in [2.45, 2.75) is 38.3 Å². The van der Waals surface area contributed by atoms with Crippen molar-refractivity contribution in [3.05, 3.63) is 35.9 Å². The third kappa shape index (κ3) is 5.90. The van der Waals surface area contributed by atoms with Gasteiger partial charge in [-0.3, -0.25) is 14.4 Å². The predicted octanol–water partition coefficient (Wildman–Crippen LogP) is 0.282. The Morgan fingerprint density at radius 3 is 2.35 bits per heavy atom. The number of nitrogens with one attached hydrogen (secondary N) is 2. The van der Waals surface area contributed by atoms with E-state index < -0.39 is 29.7 Å². The highest BCUT2D eigenvalue weighted by Crippen LogP contribution is 2.04. The Hall–Kier alpha value is -2.70. The second kappa shape index (κ2) is 9.34. The first-order valence-corrected chi connectivity index (χ1v) is 7.30. The van der Waals surface area contributed by atoms with Crippen molar-refractivity contribution in [3.8, 4) is 0 Å². The third-order valence-corrected chi connectivity index (χ3v) is 3.27. The summed E-state index contributed by atoms with van der Waals surface area (Å²) in [6.07, 6.45) is 1.32. The SMILES string of the molecule is CCCC(NC=O)C(=O)C(=O)N[C@@H](Cc1ccccc1)C(=O)O. The van der Waals surface area contributed by atoms with Crippen LogP contribution in [0.25, 0.3) is 0 Å². The number of carboxylic acid groups (broad SMARTS) is 1. The maximum absolute atomic E-state index is 12.0. The van der Waals surface area contributed by atoms with Crippen LogP contribution in [0.5, 0.6) is 0 Å². The number of rotatable bonds is 10. The highest BCUT2D eigenvalue weighted by Gasteiger charge is 2.28. The summed E-state index contributed by atoms with van der Waals surface area (Å²) < 4.78 is 0. The summed E-state index contributed by atoms with van der Waals surface area (Å²) >= 11 is 0. The first-order valence-electron chi connectivity index (χ1n) is 7.30. The number of carbonyl (C=O) groups excluding carboxylic acids is 3. The van der Waals surface area contributed by atoms with E-state index in [1.54, 1.807) is 37.3 Å². The molecule has 0 bridgehead atoms. The lowest BCUT2D eigenvalue weighted by Gasteiger charge is -2.17. The Labute approximate surface area is 134 Å². The molecule has 0 heterocycles. The molecule has 0 radical (unpaired) electrons. The number of carboxylic acids is 1. The number of aliphatic carboxylic acids is 1. The molecule has 7 heteroatoms. The summed E-state index contributed by atoms with van der Waals surface area (Å²) in [5.74, 6) is -3.09. The van der Waals surface area contributed by atoms with E-state index >= 15 is 0 Å². The molecule has 7 nitrogen and oxygen atoms in total. The van der Waals surface area contributed by atoms with Crippen LogP contribution in [0.15, 0.2) is 30.3 Å². The molecule has 0 aliphatic heterocycles. The maximum atomic E-state index is 12.0. The van der Waals surface area contributed by atoms with E-state index in [4.69, 9.17) is 0 Å². The molecule has 0 aliphatic carbocycles. The van der Waals surface area contributed by atoms with Gasteiger partial charge in [-0.25, -0.2) is 4.79 Å². The minimum Gasteiger partial charge on any atom is -0.480 e. The molecule has 2 atom stereocenters. The van der Waals surface area contributed by atoms with Gasteiger partial charge in [0.1, 0.15) is 6.04 Å². The van der Waals surface area contributed by atoms with Crippen molar-refractivity contribution < 1.29 is 24.3 Å². The number of amides is 2. The Bertz CT molecular complexity index is 559. The first kappa shape index (κ1) is 18.3. The van der Waals surface area contributed by atoms with Crippen molar-refractivity contribution in [3.63, 3.8) is 0 Å². The number of ketones is 1. The Balaban J connectivity index is 2.75. The molecule has 1 rings (SSSR count). The highest BCUT2D eigenvalue weighted by molar-refractivity contribution is 6.38. The van der Waals surface area contributed by atoms with E-state index in [9.17, 15) is 24.3 Å². The van der Waals surface area contributed by atoms with Crippen LogP contribution < -0.4 is 10.6 Å². The van der Waals surface area contributed by atoms with E-state index in [2.05, 4.69) is 10.6 Å². The van der Waals surface area contributed by atoms with Crippen LogP contribution in [-0.4, -0.2) is 41.3 Å². The molecular weight excluding hydrogens is 300 g/mol. The minimum absolute atomic E-state index is 0.0642. The summed E-state index contributed by atoms with van der Waals surface area (Å²) in [5.41, 5.74) is 0.726. The van der Waals surface area contributed by atoms with E-state index in [0.717, 1.165) is 5.56 Å². The lowest BCUT2D eigenvalue weighted by molar-refractivity contribution is -0.145. The van der Waals surface area contributed by atoms with Gasteiger partial charge >= 0.3 is 5.97 Å². The van der Waals surface area contributed by atoms with Gasteiger partial charge in [-0.15, -0.1) is 0 Å². The van der Waals surface area contributed by atoms with Gasteiger partial charge in [0.2, 0.25) is 12.2 Å². The molecule has 1 aromatic carbocycles. The van der Waals surface area contributed by atoms with E-state index in [-0.39, 0.29) is 6.42 Å². The Morgan fingerprint density at radius 1 is 1.17 bits per heavy atom. The van der Waals surface area contributed by atoms with Crippen molar-refractivity contribution in [1.29, 1.82) is 0 Å². The van der Waals surface area contributed by atoms with Gasteiger partial charge in [0, 0.05) is 6.42 Å². The monoisotopic (exact) mass is 320 g/mol. The van der Waals surface area contributed by atoms with Crippen LogP contribution in [0.2, 0.25) is 0 Å². The number of benzene rings is 1. The second-order valence-corrected chi connectivity index (χ2v) is 5.04. The molecule has 0 aliphatic rings. The Morgan fingerprint density at radius 2 is 1.83 bits per heavy atom. The molecule has 1 unspecified atom stereocenters. The van der Waals surface area contributed by atoms with Crippen LogP contribution >= 0.6 is 0 Å². The summed E-state index contributed by atoms with van der Waals surface area (Å²) in [4.78, 5) is 45.8. The molecule has 3 N–H and O–H groups in total. The topological polar surface area (TPSA) is 113 Å². The normalized spacial score (nSPS) is 12.7. The van der Waals surface area contributed by atoms with Crippen LogP contribution in [0.4, 0.5) is 0 Å². The summed E-state index contributed by atoms with van der Waals surface area (Å²) in [5, 5.41) is 13.7. The van der Waals surface area contributed by atoms with Gasteiger partial charge in [0.15, 0.2) is 0 Å². The van der Waals surface area contributed by atoms with Crippen LogP contribution in [0.1, 0.15) is 25.3 Å². The van der Waals surface area contributed by atoms with Gasteiger partial charge in [0.25, 0.3) is 5.91 Å². The predicted molar refractivity (Wildman–Crippen MR) is 82.6 cm³/mol. The fourth-order valence-electron chi connectivity index (χ4n) is 2.10. The third-order valence-electron chi connectivity index (χ3n) is 3.27. The number of Topliss-reactive ketones (excluding diaryl/α,β-unsaturated/α-hetero) is 1. The quantitative estimate of drug-likeness (QED) is 0.423. The molecular formula is C16H20N2O5. The smallest absolute Gasteiger partial charge is 0.326 e. The van der Waals surface area contributed by atoms with Gasteiger partial charge in [0.05, 0.1) is 6.04 Å². The van der Waals surface area contributed by atoms with E-state index in [1.807, 2.05) is 0 Å². The van der Waals surface area contributed by atoms with Crippen molar-refractivity contribution >= 4 is 24.1 Å². The first-order chi connectivity index (χ1) is 11.0. The van der Waals surface area contributed by atoms with Gasteiger partial charge in [-0.05, 0) is 12.0 Å². The lowest BCUT2D eigenvalue weighted by atomic mass is 10.0. The van der Waals surface area contributed by atoms with Crippen molar-refractivity contribution in [1.82, 2.24) is 10.6 Å². The van der Waals surface area contributed by atoms with Gasteiger partial charge < -0.3 is 15.7 Å². The van der Waals surface area contributed by atoms with Crippen LogP contribution in [-0.2, 0) is 25.6 Å². The number of hydrogen-bond donors (Lipinski definition) is 3. The van der Waals surface area contributed by atoms with Crippen LogP contribution in [0.3, 0.4) is 0 Å². The molecule has 0 fully saturated rings. The zero-order chi connectivity index (χ0) is 17.2. The minimum atomic E-state index is -1.23. The summed E-state index contributed by atoms with van der Waals surface area (Å²) in [7, 11) is 0. The average molecular weight is 320 g/mol. The second-order valence-electron chi connectivity index (χ2n) is 5.04. The zero-order valence-electron chi connectivity index (χ0n) is 12.8. The standard InChI is InChI=1S/C16H20N2O5/c1-2-6-12(17-10-19)14(20)15(21)18-13(16(22)23)9-11-7-4-3-5-8-11/h3-5,7-8,10,12-13H,2,6,9H2,1H3,(H,17,19)(H,18,21)(H,22,23)/t12?,13-/m0/s1. The van der Waals surface area contributed by atoms with E-state index in [1.165, 1.54) is 0 Å². The Kier molecular flexibility index (Phi) is 7.45. The van der Waals surface area contributed by atoms with Crippen molar-refractivity contribution in [2.75, 3.05) is 0 Å². The van der Waals surface area contributed by atoms with Gasteiger partial charge in [-0.2, -0.15) is 0 Å². The molecule has 124 valence electrons. The fourth-order valence-corrected chi connectivity index (χ4v) is 2.10. The molecule has 0 spiro atoms. The molecule has 2 amide bonds. The molecule has 0 aromatic heterocycles. The lowest BCUT2D eigenvalue weighted by Crippen LogP contribution is -2.50. The molecule has 0 saturated carbocycles. The largest absolute Gasteiger partial charge is 0.480 e. The van der Waals surface area contributed by atoms with Crippen LogP contribution in [0, 0.1) is 0 Å². The summed E-state index contributed by atoms with van der Waals surface area (Å²) in [6.45, 7) is 1.81. The van der Waals surface area contributed by atoms with Crippen molar-refractivity contribution in [2.24, 2.45) is 0 Å². The number of carbonyl (C=O) groups is 4. The molecule has 0 saturated heterocycles. The molecule has 1 aromatic rings. The van der Waals surface area contributed by atoms with Gasteiger partial charge in [-0.1, -0.05) is 43.7 Å². The zero-order valence-corrected chi connectivity index (χ0v) is 12.8.